The molecule has 0 atom stereocenters. The number of fused-ring (bicyclic) bond motifs is 1. The van der Waals surface area contributed by atoms with E-state index >= 15 is 0 Å². The maximum Gasteiger partial charge on any atom is 0.143 e. The van der Waals surface area contributed by atoms with Gasteiger partial charge >= 0.3 is 0 Å². The van der Waals surface area contributed by atoms with E-state index in [0.29, 0.717) is 0 Å². The lowest BCUT2D eigenvalue weighted by atomic mass is 9.94. The number of rotatable bonds is 11. The lowest BCUT2D eigenvalue weighted by molar-refractivity contribution is 0.666. The Bertz CT molecular complexity index is 4100. The number of anilines is 5. The summed E-state index contributed by atoms with van der Waals surface area (Å²) in [6.07, 6.45) is 2.17. The highest BCUT2D eigenvalue weighted by Gasteiger charge is 2.20. The summed E-state index contributed by atoms with van der Waals surface area (Å²) in [6.45, 7) is 4.26. The lowest BCUT2D eigenvalue weighted by Crippen LogP contribution is -2.14. The molecule has 0 aliphatic carbocycles. The van der Waals surface area contributed by atoms with Gasteiger partial charge < -0.3 is 14.2 Å². The van der Waals surface area contributed by atoms with Crippen molar-refractivity contribution in [3.05, 3.63) is 285 Å². The molecule has 0 fully saturated rings. The van der Waals surface area contributed by atoms with E-state index in [1.54, 1.807) is 0 Å². The summed E-state index contributed by atoms with van der Waals surface area (Å²) < 4.78 is 7.55. The van der Waals surface area contributed by atoms with Gasteiger partial charge in [-0.1, -0.05) is 206 Å². The van der Waals surface area contributed by atoms with Crippen LogP contribution in [0.2, 0.25) is 0 Å². The summed E-state index contributed by atoms with van der Waals surface area (Å²) in [6, 6.07) is 98.4. The van der Waals surface area contributed by atoms with Crippen LogP contribution in [0.5, 0.6) is 0 Å². The minimum atomic E-state index is 0.858. The van der Waals surface area contributed by atoms with Gasteiger partial charge in [0.2, 0.25) is 0 Å². The Morgan fingerprint density at radius 2 is 0.627 bits per heavy atom. The lowest BCUT2D eigenvalue weighted by Gasteiger charge is -2.26. The Morgan fingerprint density at radius 1 is 0.307 bits per heavy atom. The zero-order chi connectivity index (χ0) is 50.2. The smallest absolute Gasteiger partial charge is 0.143 e. The van der Waals surface area contributed by atoms with Crippen molar-refractivity contribution in [2.45, 2.75) is 13.8 Å². The Kier molecular flexibility index (Phi) is 11.7. The van der Waals surface area contributed by atoms with Crippen molar-refractivity contribution in [3.63, 3.8) is 0 Å². The van der Waals surface area contributed by atoms with Gasteiger partial charge in [-0.2, -0.15) is 0 Å². The van der Waals surface area contributed by atoms with E-state index in [2.05, 4.69) is 303 Å². The van der Waals surface area contributed by atoms with Crippen LogP contribution >= 0.6 is 0 Å². The molecule has 0 saturated heterocycles. The van der Waals surface area contributed by atoms with Crippen molar-refractivity contribution >= 4 is 71.9 Å². The largest absolute Gasteiger partial charge is 0.455 e. The van der Waals surface area contributed by atoms with Crippen molar-refractivity contribution in [1.82, 2.24) is 0 Å². The van der Waals surface area contributed by atoms with E-state index in [4.69, 9.17) is 4.42 Å². The molecule has 0 amide bonds. The summed E-state index contributed by atoms with van der Waals surface area (Å²) in [4.78, 5) is 4.66. The highest BCUT2D eigenvalue weighted by molar-refractivity contribution is 6.26. The van der Waals surface area contributed by atoms with E-state index in [9.17, 15) is 0 Å². The zero-order valence-corrected chi connectivity index (χ0v) is 41.9. The van der Waals surface area contributed by atoms with Crippen LogP contribution in [0.25, 0.3) is 99.1 Å². The predicted octanol–water partition coefficient (Wildman–Crippen LogP) is 20.8. The van der Waals surface area contributed by atoms with Crippen LogP contribution in [0, 0.1) is 0 Å². The van der Waals surface area contributed by atoms with Gasteiger partial charge in [0.15, 0.2) is 0 Å². The standard InChI is InChI=1S/C72H52N2O/c1-3-49(2)73(60-37-25-53(26-38-60)50-15-7-4-8-16-50)61-43-31-56(32-44-61)65-47-35-58-21-13-23-67-68-24-14-22-59-36-48-66(72(70(59)68)75-71(65)69(58)67)57-33-45-64(46-34-57)74(62-39-27-54(28-40-62)51-17-9-5-10-18-51)63-41-29-55(30-42-63)52-19-11-6-12-20-52/h3-48H,1-2H3. The first-order valence-corrected chi connectivity index (χ1v) is 25.8. The first kappa shape index (κ1) is 45.2. The van der Waals surface area contributed by atoms with Crippen molar-refractivity contribution in [2.24, 2.45) is 0 Å². The SMILES string of the molecule is CC=C(C)N(c1ccc(-c2ccccc2)cc1)c1ccc(-c2ccc3cccc4c5cccc6ccc(-c7ccc(N(c8ccc(-c9ccccc9)cc8)c8ccc(-c9ccccc9)cc8)cc7)c(oc2c34)c65)cc1. The number of hydrogen-bond donors (Lipinski definition) is 0. The average molecular weight is 961 g/mol. The normalized spacial score (nSPS) is 11.7. The molecule has 0 N–H and O–H groups in total. The highest BCUT2D eigenvalue weighted by atomic mass is 16.3. The van der Waals surface area contributed by atoms with Crippen LogP contribution in [0.4, 0.5) is 28.4 Å². The Hall–Kier alpha value is -9.70. The number of nitrogens with zero attached hydrogens (tertiary/aromatic N) is 2. The van der Waals surface area contributed by atoms with Gasteiger partial charge in [-0.15, -0.1) is 0 Å². The predicted molar refractivity (Wildman–Crippen MR) is 319 cm³/mol. The second-order valence-electron chi connectivity index (χ2n) is 19.2. The number of allylic oxidation sites excluding steroid dienone is 2. The molecule has 0 aliphatic heterocycles. The molecule has 3 heteroatoms. The van der Waals surface area contributed by atoms with Crippen LogP contribution in [-0.4, -0.2) is 0 Å². The van der Waals surface area contributed by atoms with Gasteiger partial charge in [0.25, 0.3) is 0 Å². The third kappa shape index (κ3) is 8.41. The molecule has 12 aromatic carbocycles. The monoisotopic (exact) mass is 960 g/mol. The molecule has 75 heavy (non-hydrogen) atoms. The van der Waals surface area contributed by atoms with Gasteiger partial charge in [-0.05, 0) is 153 Å². The molecule has 0 aliphatic rings. The van der Waals surface area contributed by atoms with Crippen molar-refractivity contribution in [2.75, 3.05) is 9.80 Å². The van der Waals surface area contributed by atoms with E-state index in [-0.39, 0.29) is 0 Å². The molecular weight excluding hydrogens is 909 g/mol. The van der Waals surface area contributed by atoms with Crippen LogP contribution in [-0.2, 0) is 0 Å². The number of hydrogen-bond acceptors (Lipinski definition) is 3. The second-order valence-corrected chi connectivity index (χ2v) is 19.2. The van der Waals surface area contributed by atoms with Crippen LogP contribution in [0.3, 0.4) is 0 Å². The fourth-order valence-corrected chi connectivity index (χ4v) is 10.9. The molecule has 0 bridgehead atoms. The van der Waals surface area contributed by atoms with E-state index in [1.807, 2.05) is 0 Å². The van der Waals surface area contributed by atoms with Gasteiger partial charge in [-0.3, -0.25) is 0 Å². The molecule has 0 unspecified atom stereocenters. The van der Waals surface area contributed by atoms with Crippen molar-refractivity contribution in [1.29, 1.82) is 0 Å². The molecule has 0 saturated carbocycles. The van der Waals surface area contributed by atoms with Gasteiger partial charge in [-0.25, -0.2) is 0 Å². The highest BCUT2D eigenvalue weighted by Crippen LogP contribution is 2.45. The summed E-state index contributed by atoms with van der Waals surface area (Å²) >= 11 is 0. The molecule has 1 aromatic heterocycles. The van der Waals surface area contributed by atoms with Crippen LogP contribution in [0.15, 0.2) is 289 Å². The number of benzene rings is 12. The van der Waals surface area contributed by atoms with Gasteiger partial charge in [0, 0.05) is 56.0 Å². The summed E-state index contributed by atoms with van der Waals surface area (Å²) in [7, 11) is 0. The maximum absolute atomic E-state index is 7.55. The zero-order valence-electron chi connectivity index (χ0n) is 41.9. The fourth-order valence-electron chi connectivity index (χ4n) is 10.9. The molecule has 13 aromatic rings. The molecule has 0 radical (unpaired) electrons. The third-order valence-electron chi connectivity index (χ3n) is 14.8. The summed E-state index contributed by atoms with van der Waals surface area (Å²) in [5, 5.41) is 6.83. The summed E-state index contributed by atoms with van der Waals surface area (Å²) in [5.41, 5.74) is 19.7. The van der Waals surface area contributed by atoms with E-state index in [0.717, 1.165) is 94.5 Å². The van der Waals surface area contributed by atoms with Crippen LogP contribution < -0.4 is 9.80 Å². The molecule has 13 rings (SSSR count). The van der Waals surface area contributed by atoms with Crippen molar-refractivity contribution in [3.8, 4) is 55.6 Å². The topological polar surface area (TPSA) is 19.6 Å². The molecule has 1 heterocycles. The molecule has 0 spiro atoms. The Balaban J connectivity index is 0.919. The first-order chi connectivity index (χ1) is 37.1. The third-order valence-corrected chi connectivity index (χ3v) is 14.8. The van der Waals surface area contributed by atoms with Crippen LogP contribution in [0.1, 0.15) is 13.8 Å². The van der Waals surface area contributed by atoms with E-state index < -0.39 is 0 Å². The Morgan fingerprint density at radius 3 is 0.973 bits per heavy atom. The molecule has 3 nitrogen and oxygen atoms in total. The summed E-state index contributed by atoms with van der Waals surface area (Å²) in [5.74, 6) is 0. The molecule has 356 valence electrons. The quantitative estimate of drug-likeness (QED) is 0.129. The van der Waals surface area contributed by atoms with Crippen molar-refractivity contribution < 1.29 is 4.42 Å². The minimum absolute atomic E-state index is 0.858. The fraction of sp³-hybridized carbons (Fsp3) is 0.0278. The second kappa shape index (κ2) is 19.4. The Labute approximate surface area is 438 Å². The first-order valence-electron chi connectivity index (χ1n) is 25.8. The minimum Gasteiger partial charge on any atom is -0.455 e. The van der Waals surface area contributed by atoms with Gasteiger partial charge in [0.1, 0.15) is 11.2 Å². The maximum atomic E-state index is 7.55. The van der Waals surface area contributed by atoms with Gasteiger partial charge in [0.05, 0.1) is 0 Å². The average Bonchev–Trinajstić information content (AvgIpc) is 3.65. The van der Waals surface area contributed by atoms with E-state index in [1.165, 1.54) is 38.8 Å². The molecular formula is C72H52N2O.